The second-order valence-electron chi connectivity index (χ2n) is 22.8. The largest absolute Gasteiger partial charge is 0.496 e. The topological polar surface area (TPSA) is 677 Å². The molecule has 40 heteroatoms. The number of anilines is 4. The molecule has 0 aliphatic heterocycles. The molecule has 104 heavy (non-hydrogen) atoms. The van der Waals surface area contributed by atoms with Crippen molar-refractivity contribution in [1.82, 2.24) is 53.2 Å². The number of unbranched alkanes of at least 4 members (excludes halogenated alkanes) is 1. The van der Waals surface area contributed by atoms with Gasteiger partial charge in [0.1, 0.15) is 53.8 Å². The predicted molar refractivity (Wildman–Crippen MR) is 388 cm³/mol. The molecule has 4 aromatic rings. The molecule has 0 radical (unpaired) electrons. The first-order valence-electron chi connectivity index (χ1n) is 32.5. The van der Waals surface area contributed by atoms with Gasteiger partial charge in [-0.25, -0.2) is 4.79 Å². The molecule has 11 amide bonds. The van der Waals surface area contributed by atoms with Crippen LogP contribution in [-0.2, 0) is 24.0 Å². The summed E-state index contributed by atoms with van der Waals surface area (Å²) in [6.07, 6.45) is 1.62. The number of nitrogens with two attached hydrogens (primary N) is 7. The predicted octanol–water partition coefficient (Wildman–Crippen LogP) is -1.80. The third kappa shape index (κ3) is 29.8. The Labute approximate surface area is 598 Å². The first-order chi connectivity index (χ1) is 49.5. The lowest BCUT2D eigenvalue weighted by atomic mass is 10.1. The molecular formula is C64H94N26O14. The van der Waals surface area contributed by atoms with Crippen LogP contribution in [0.4, 0.5) is 27.5 Å². The van der Waals surface area contributed by atoms with Gasteiger partial charge in [-0.05, 0) is 137 Å². The number of guanidine groups is 5. The molecule has 564 valence electrons. The zero-order valence-corrected chi connectivity index (χ0v) is 57.7. The van der Waals surface area contributed by atoms with Crippen molar-refractivity contribution < 1.29 is 66.9 Å². The number of urea groups is 1. The van der Waals surface area contributed by atoms with E-state index in [-0.39, 0.29) is 188 Å². The minimum Gasteiger partial charge on any atom is -0.496 e. The fourth-order valence-electron chi connectivity index (χ4n) is 9.87. The van der Waals surface area contributed by atoms with E-state index in [1.54, 1.807) is 0 Å². The van der Waals surface area contributed by atoms with Crippen molar-refractivity contribution in [2.24, 2.45) is 40.1 Å². The van der Waals surface area contributed by atoms with Crippen LogP contribution in [0.25, 0.3) is 0 Å². The number of hydrogen-bond acceptors (Lipinski definition) is 19. The smallest absolute Gasteiger partial charge is 0.312 e. The number of ether oxygens (including phenoxy) is 4. The van der Waals surface area contributed by atoms with Gasteiger partial charge in [0.2, 0.25) is 29.5 Å². The molecule has 0 saturated carbocycles. The summed E-state index contributed by atoms with van der Waals surface area (Å²) in [6, 6.07) is 10.3. The first-order valence-corrected chi connectivity index (χ1v) is 32.5. The van der Waals surface area contributed by atoms with E-state index < -0.39 is 83.4 Å². The summed E-state index contributed by atoms with van der Waals surface area (Å²) in [5.41, 5.74) is 37.6. The average Bonchev–Trinajstić information content (AvgIpc) is 0.836. The highest BCUT2D eigenvalue weighted by molar-refractivity contribution is 6.08. The highest BCUT2D eigenvalue weighted by Gasteiger charge is 2.30. The van der Waals surface area contributed by atoms with Gasteiger partial charge in [0, 0.05) is 61.9 Å². The number of rotatable bonds is 44. The molecule has 0 heterocycles. The number of hydrogen-bond donors (Lipinski definition) is 26. The summed E-state index contributed by atoms with van der Waals surface area (Å²) < 4.78 is 22.2. The average molecular weight is 1450 g/mol. The Morgan fingerprint density at radius 3 is 0.952 bits per heavy atom. The van der Waals surface area contributed by atoms with E-state index in [9.17, 15) is 47.9 Å². The zero-order valence-electron chi connectivity index (χ0n) is 57.7. The quantitative estimate of drug-likeness (QED) is 0.0132. The van der Waals surface area contributed by atoms with E-state index in [2.05, 4.69) is 74.4 Å². The second-order valence-corrected chi connectivity index (χ2v) is 22.8. The van der Waals surface area contributed by atoms with Gasteiger partial charge in [0.05, 0.1) is 50.1 Å². The Kier molecular flexibility index (Phi) is 34.8. The van der Waals surface area contributed by atoms with E-state index >= 15 is 0 Å². The number of amides is 11. The maximum Gasteiger partial charge on any atom is 0.312 e. The molecule has 0 saturated heterocycles. The lowest BCUT2D eigenvalue weighted by Crippen LogP contribution is -2.45. The normalized spacial score (nSPS) is 11.6. The van der Waals surface area contributed by atoms with Crippen molar-refractivity contribution >= 4 is 112 Å². The monoisotopic (exact) mass is 1450 g/mol. The van der Waals surface area contributed by atoms with Gasteiger partial charge < -0.3 is 134 Å². The van der Waals surface area contributed by atoms with Crippen molar-refractivity contribution in [1.29, 1.82) is 27.0 Å². The highest BCUT2D eigenvalue weighted by atomic mass is 16.5. The molecule has 0 bridgehead atoms. The minimum absolute atomic E-state index is 0.00502. The molecule has 4 aromatic carbocycles. The number of methoxy groups -OCH3 is 3. The van der Waals surface area contributed by atoms with Crippen LogP contribution in [0.2, 0.25) is 0 Å². The van der Waals surface area contributed by atoms with Gasteiger partial charge in [0.25, 0.3) is 23.6 Å². The third-order valence-electron chi connectivity index (χ3n) is 14.9. The number of nitrogens with one attached hydrogen (secondary N) is 19. The summed E-state index contributed by atoms with van der Waals surface area (Å²) in [5.74, 6) is -8.39. The summed E-state index contributed by atoms with van der Waals surface area (Å²) in [6.45, 7) is 0.872. The SMILES string of the molecule is COc1ccc(NC(=O)[C@@H](CCCNC(=N)N)NC(=O)CCCCNC(=N)N)cc1C(=O)N[C@H](CCCNC(=N)N)C(=O)Nc1ccc(OC)c(C(=O)N[C@H](CCCNC(=N)N)C(=O)Nc2ccc(OC)c(C(=O)N[C@H](CCCNC(N)=O)C(=O)Nc3ccc(OCCNC(=N)N)c(C(N)=O)c3)c2)c1. The van der Waals surface area contributed by atoms with Crippen LogP contribution in [0.3, 0.4) is 0 Å². The fraction of sp³-hybridized carbons (Fsp3) is 0.391. The third-order valence-corrected chi connectivity index (χ3v) is 14.9. The fourth-order valence-corrected chi connectivity index (χ4v) is 9.87. The van der Waals surface area contributed by atoms with Gasteiger partial charge in [-0.2, -0.15) is 0 Å². The van der Waals surface area contributed by atoms with Crippen LogP contribution >= 0.6 is 0 Å². The summed E-state index contributed by atoms with van der Waals surface area (Å²) >= 11 is 0. The molecule has 0 aliphatic rings. The molecule has 0 fully saturated rings. The standard InChI is InChI=1S/C64H94N26O14/c1-101-46-19-15-35(84-55(96)42(10-6-24-78-60(68)69)87-50(91)14-4-5-23-77-59(66)67)31-39(46)52(93)88-43(11-7-25-79-61(70)71)57(98)85-36-16-20-47(102-2)40(32-36)53(94)89-44(12-8-26-80-62(72)73)58(99)86-37-17-21-48(103-3)41(33-37)54(95)90-45(13-9-27-82-64(76)100)56(97)83-34-18-22-49(38(30-34)51(65)92)104-29-28-81-63(74)75/h15-22,30-33,42-45H,4-14,23-29H2,1-3H3,(H2,65,92)(H,83,97)(H,84,96)(H,85,98)(H,86,99)(H,87,91)(H,88,93)(H,89,94)(H,90,95)(H4,66,67,77)(H4,68,69,78)(H4,70,71,79)(H4,72,73,80)(H4,74,75,81)(H3,76,82,100)/t42-,43-,44-,45-/m1/s1. The lowest BCUT2D eigenvalue weighted by molar-refractivity contribution is -0.126. The van der Waals surface area contributed by atoms with E-state index in [1.807, 2.05) is 0 Å². The zero-order chi connectivity index (χ0) is 76.8. The Balaban J connectivity index is 1.60. The van der Waals surface area contributed by atoms with E-state index in [4.69, 9.17) is 86.1 Å². The van der Waals surface area contributed by atoms with Crippen LogP contribution in [0, 0.1) is 27.0 Å². The molecule has 0 spiro atoms. The van der Waals surface area contributed by atoms with Gasteiger partial charge in [-0.1, -0.05) is 0 Å². The summed E-state index contributed by atoms with van der Waals surface area (Å²) in [4.78, 5) is 137. The lowest BCUT2D eigenvalue weighted by Gasteiger charge is -2.22. The van der Waals surface area contributed by atoms with Gasteiger partial charge >= 0.3 is 6.03 Å². The maximum atomic E-state index is 14.5. The molecule has 0 aromatic heterocycles. The first kappa shape index (κ1) is 83.4. The Bertz CT molecular complexity index is 3750. The van der Waals surface area contributed by atoms with Crippen molar-refractivity contribution in [3.05, 3.63) is 95.1 Å². The van der Waals surface area contributed by atoms with Gasteiger partial charge in [0.15, 0.2) is 29.8 Å². The number of carbonyl (C=O) groups is 10. The minimum atomic E-state index is -1.38. The molecule has 4 atom stereocenters. The maximum absolute atomic E-state index is 14.5. The number of primary amides is 2. The van der Waals surface area contributed by atoms with Crippen LogP contribution in [0.1, 0.15) is 112 Å². The second kappa shape index (κ2) is 43.5. The van der Waals surface area contributed by atoms with Crippen molar-refractivity contribution in [2.75, 3.05) is 88.5 Å². The Morgan fingerprint density at radius 2 is 0.644 bits per heavy atom. The molecule has 0 unspecified atom stereocenters. The Hall–Kier alpha value is -13.1. The Morgan fingerprint density at radius 1 is 0.356 bits per heavy atom. The van der Waals surface area contributed by atoms with Crippen molar-refractivity contribution in [3.8, 4) is 23.0 Å². The van der Waals surface area contributed by atoms with E-state index in [0.29, 0.717) is 25.8 Å². The summed E-state index contributed by atoms with van der Waals surface area (Å²) in [7, 11) is 3.84. The molecule has 33 N–H and O–H groups in total. The summed E-state index contributed by atoms with van der Waals surface area (Å²) in [5, 5.41) is 74.5. The molecule has 40 nitrogen and oxygen atoms in total. The van der Waals surface area contributed by atoms with Crippen LogP contribution in [0.15, 0.2) is 72.8 Å². The van der Waals surface area contributed by atoms with Crippen molar-refractivity contribution in [2.45, 2.75) is 94.8 Å². The van der Waals surface area contributed by atoms with E-state index in [1.165, 1.54) is 94.1 Å². The number of carbonyl (C=O) groups excluding carboxylic acids is 10. The van der Waals surface area contributed by atoms with E-state index in [0.717, 1.165) is 0 Å². The molecule has 0 aliphatic carbocycles. The number of benzene rings is 4. The van der Waals surface area contributed by atoms with Gasteiger partial charge in [-0.15, -0.1) is 0 Å². The van der Waals surface area contributed by atoms with Crippen LogP contribution in [-0.4, -0.2) is 180 Å². The van der Waals surface area contributed by atoms with Crippen molar-refractivity contribution in [3.63, 3.8) is 0 Å². The molecular weight excluding hydrogens is 1360 g/mol. The molecule has 4 rings (SSSR count). The van der Waals surface area contributed by atoms with Gasteiger partial charge in [-0.3, -0.25) is 70.2 Å². The van der Waals surface area contributed by atoms with Crippen LogP contribution in [0.5, 0.6) is 23.0 Å². The highest BCUT2D eigenvalue weighted by Crippen LogP contribution is 2.28. The van der Waals surface area contributed by atoms with Crippen LogP contribution < -0.4 is 134 Å².